The van der Waals surface area contributed by atoms with Gasteiger partial charge in [0.15, 0.2) is 33.9 Å². The molecule has 28 heteroatoms. The van der Waals surface area contributed by atoms with Crippen molar-refractivity contribution >= 4 is 186 Å². The standard InChI is InChI=1S/C33H32N4O5S.C33H33N3O5S.C32H32N2O6S/c1-21(38)36-13-11-35(12-14-36)20-29(40)34-26-10-9-23(33-31(26)25-5-2-3-8-28(25)43-33)22-6-4-7-24-27(39)19-30(42-32(22)24)37-15-17-41-18-16-37;1-20-17-35(18-21(2)40-20)19-29(38)34-26-11-10-23(33-31(26)25-6-3-4-9-28(25)42-33)22-7-5-8-24-27(37)16-30(41-32(22)24)36-12-14-39-15-13-36;35-14-10-20(11-15-36)18-28(38)33-25-9-8-22(32-30(25)24-4-1-2-7-27(24)41-32)21-5-3-6-23-26(37)19-29(40-31(21)23)34-12-16-39-17-13-34/h2-10,19H,11-18,20H2,1H3,(H,34,40);3-11,16,20-21H,12-15,17-19H2,1-2H3,(H,34,38);1-9,19-20,35-36H,10-18H2,(H,33,38)/t;20-,21+;. The van der Waals surface area contributed by atoms with Crippen LogP contribution in [0.15, 0.2) is 210 Å². The molecule has 2 atom stereocenters. The lowest BCUT2D eigenvalue weighted by Gasteiger charge is -2.34. The summed E-state index contributed by atoms with van der Waals surface area (Å²) in [6, 6.07) is 58.2. The van der Waals surface area contributed by atoms with E-state index >= 15 is 0 Å². The second-order valence-electron chi connectivity index (χ2n) is 32.6. The molecule has 15 aromatic rings. The molecule has 0 bridgehead atoms. The summed E-state index contributed by atoms with van der Waals surface area (Å²) in [4.78, 5) is 103. The zero-order valence-corrected chi connectivity index (χ0v) is 72.7. The number of hydrogen-bond donors (Lipinski definition) is 5. The molecule has 0 spiro atoms. The van der Waals surface area contributed by atoms with Gasteiger partial charge in [-0.3, -0.25) is 43.4 Å². The maximum Gasteiger partial charge on any atom is 0.238 e. The highest BCUT2D eigenvalue weighted by molar-refractivity contribution is 7.27. The largest absolute Gasteiger partial charge is 0.440 e. The van der Waals surface area contributed by atoms with Crippen molar-refractivity contribution in [2.24, 2.45) is 5.92 Å². The number of morpholine rings is 4. The predicted octanol–water partition coefficient (Wildman–Crippen LogP) is 15.9. The Morgan fingerprint density at radius 2 is 0.730 bits per heavy atom. The second kappa shape index (κ2) is 37.8. The van der Waals surface area contributed by atoms with E-state index in [4.69, 9.17) is 32.2 Å². The van der Waals surface area contributed by atoms with E-state index in [0.717, 1.165) is 118 Å². The summed E-state index contributed by atoms with van der Waals surface area (Å²) in [5.41, 5.74) is 8.99. The average Bonchev–Trinajstić information content (AvgIpc) is 1.58. The minimum atomic E-state index is -0.160. The fourth-order valence-corrected chi connectivity index (χ4v) is 21.7. The lowest BCUT2D eigenvalue weighted by atomic mass is 9.97. The minimum absolute atomic E-state index is 0.0273. The molecule has 11 heterocycles. The minimum Gasteiger partial charge on any atom is -0.440 e. The van der Waals surface area contributed by atoms with Crippen LogP contribution in [0.5, 0.6) is 0 Å². The summed E-state index contributed by atoms with van der Waals surface area (Å²) in [6.07, 6.45) is 1.33. The number of para-hydroxylation sites is 3. The highest BCUT2D eigenvalue weighted by atomic mass is 32.1. The van der Waals surface area contributed by atoms with Crippen LogP contribution in [0.3, 0.4) is 0 Å². The van der Waals surface area contributed by atoms with Gasteiger partial charge < -0.3 is 78.0 Å². The fraction of sp³-hybridized carbons (Fsp3) is 0.316. The van der Waals surface area contributed by atoms with E-state index in [0.29, 0.717) is 181 Å². The van der Waals surface area contributed by atoms with Crippen molar-refractivity contribution in [3.05, 3.63) is 213 Å². The predicted molar refractivity (Wildman–Crippen MR) is 504 cm³/mol. The van der Waals surface area contributed by atoms with Crippen molar-refractivity contribution in [1.82, 2.24) is 14.7 Å². The Labute approximate surface area is 736 Å². The van der Waals surface area contributed by atoms with Gasteiger partial charge in [-0.1, -0.05) is 109 Å². The molecule has 6 aromatic heterocycles. The third kappa shape index (κ3) is 17.9. The number of aliphatic hydroxyl groups excluding tert-OH is 2. The summed E-state index contributed by atoms with van der Waals surface area (Å²) in [7, 11) is 0. The SMILES string of the molecule is CC(=O)N1CCN(CC(=O)Nc2ccc(-c3cccc4c(=O)cc(N5CCOCC5)oc34)c3sc4ccccc4c23)CC1.C[C@@H]1CN(CC(=O)Nc2ccc(-c3cccc4c(=O)cc(N5CCOCC5)oc34)c3sc4ccccc4c23)C[C@H](C)O1.O=C(CC(CCO)CCO)Nc1ccc(-c2cccc3c(=O)cc(N4CCOCC4)oc23)c2sc3ccccc3c12. The Morgan fingerprint density at radius 3 is 1.08 bits per heavy atom. The van der Waals surface area contributed by atoms with Gasteiger partial charge in [-0.15, -0.1) is 34.0 Å². The van der Waals surface area contributed by atoms with Gasteiger partial charge in [0.2, 0.25) is 23.6 Å². The van der Waals surface area contributed by atoms with Crippen molar-refractivity contribution in [1.29, 1.82) is 0 Å². The van der Waals surface area contributed by atoms with Crippen LogP contribution in [-0.2, 0) is 38.1 Å². The molecule has 25 nitrogen and oxygen atoms in total. The van der Waals surface area contributed by atoms with Crippen LogP contribution in [0.1, 0.15) is 40.0 Å². The summed E-state index contributed by atoms with van der Waals surface area (Å²) in [5, 5.41) is 35.9. The van der Waals surface area contributed by atoms with E-state index in [-0.39, 0.29) is 84.2 Å². The summed E-state index contributed by atoms with van der Waals surface area (Å²) in [6.45, 7) is 17.8. The van der Waals surface area contributed by atoms with Crippen LogP contribution < -0.4 is 46.9 Å². The number of amides is 4. The molecule has 5 N–H and O–H groups in total. The molecule has 0 radical (unpaired) electrons. The molecule has 5 saturated heterocycles. The Morgan fingerprint density at radius 1 is 0.397 bits per heavy atom. The number of ether oxygens (including phenoxy) is 4. The normalized spacial score (nSPS) is 16.8. The van der Waals surface area contributed by atoms with Crippen molar-refractivity contribution in [3.8, 4) is 33.4 Å². The number of fused-ring (bicyclic) bond motifs is 12. The fourth-order valence-electron chi connectivity index (χ4n) is 18.0. The molecule has 0 unspecified atom stereocenters. The maximum atomic E-state index is 13.3. The highest BCUT2D eigenvalue weighted by Crippen LogP contribution is 2.49. The number of hydrogen-bond acceptors (Lipinski definition) is 24. The lowest BCUT2D eigenvalue weighted by Crippen LogP contribution is -2.49. The maximum absolute atomic E-state index is 13.3. The molecule has 0 saturated carbocycles. The van der Waals surface area contributed by atoms with E-state index in [1.807, 2.05) is 145 Å². The quantitative estimate of drug-likeness (QED) is 0.0502. The first-order chi connectivity index (χ1) is 61.5. The van der Waals surface area contributed by atoms with Gasteiger partial charge in [-0.25, -0.2) is 0 Å². The average molecular weight is 1750 g/mol. The number of rotatable bonds is 19. The van der Waals surface area contributed by atoms with Crippen LogP contribution >= 0.6 is 34.0 Å². The molecule has 126 heavy (non-hydrogen) atoms. The molecule has 0 aliphatic carbocycles. The first-order valence-electron chi connectivity index (χ1n) is 43.0. The Balaban J connectivity index is 0.000000128. The third-order valence-corrected chi connectivity index (χ3v) is 27.7. The van der Waals surface area contributed by atoms with Gasteiger partial charge >= 0.3 is 0 Å². The van der Waals surface area contributed by atoms with Gasteiger partial charge in [-0.2, -0.15) is 0 Å². The van der Waals surface area contributed by atoms with E-state index in [9.17, 15) is 43.8 Å². The molecule has 9 aromatic carbocycles. The number of piperazine rings is 1. The van der Waals surface area contributed by atoms with E-state index < -0.39 is 0 Å². The molecule has 20 rings (SSSR count). The van der Waals surface area contributed by atoms with Crippen molar-refractivity contribution < 1.29 is 61.6 Å². The van der Waals surface area contributed by atoms with Crippen LogP contribution in [-0.4, -0.2) is 205 Å². The molecule has 5 fully saturated rings. The molecular weight excluding hydrogens is 1660 g/mol. The number of nitrogens with one attached hydrogen (secondary N) is 3. The van der Waals surface area contributed by atoms with Crippen molar-refractivity contribution in [2.45, 2.75) is 52.2 Å². The van der Waals surface area contributed by atoms with Gasteiger partial charge in [0.1, 0.15) is 16.7 Å². The zero-order valence-electron chi connectivity index (χ0n) is 70.2. The van der Waals surface area contributed by atoms with E-state index in [1.165, 1.54) is 0 Å². The number of carbonyl (C=O) groups excluding carboxylic acids is 4. The Hall–Kier alpha value is -11.8. The molecule has 5 aliphatic heterocycles. The molecule has 5 aliphatic rings. The number of aliphatic hydroxyl groups is 2. The monoisotopic (exact) mass is 1750 g/mol. The van der Waals surface area contributed by atoms with Crippen molar-refractivity contribution in [2.75, 3.05) is 175 Å². The van der Waals surface area contributed by atoms with Gasteiger partial charge in [0.25, 0.3) is 0 Å². The van der Waals surface area contributed by atoms with Gasteiger partial charge in [-0.05, 0) is 87.2 Å². The lowest BCUT2D eigenvalue weighted by molar-refractivity contribution is -0.130. The number of benzene rings is 9. The Kier molecular flexibility index (Phi) is 25.5. The topological polar surface area (TPSA) is 292 Å². The van der Waals surface area contributed by atoms with Gasteiger partial charge in [0.05, 0.1) is 98.2 Å². The van der Waals surface area contributed by atoms with Crippen LogP contribution in [0, 0.1) is 5.92 Å². The van der Waals surface area contributed by atoms with E-state index in [2.05, 4.69) is 65.9 Å². The first kappa shape index (κ1) is 85.0. The number of thiophene rings is 3. The van der Waals surface area contributed by atoms with E-state index in [1.54, 1.807) is 71.3 Å². The Bertz CT molecular complexity index is 6820. The first-order valence-corrected chi connectivity index (χ1v) is 45.4. The number of carbonyl (C=O) groups is 4. The number of anilines is 6. The highest BCUT2D eigenvalue weighted by Gasteiger charge is 2.30. The summed E-state index contributed by atoms with van der Waals surface area (Å²) < 4.78 is 48.1. The van der Waals surface area contributed by atoms with Crippen LogP contribution in [0.4, 0.5) is 34.7 Å². The number of nitrogens with zero attached hydrogens (tertiary/aromatic N) is 6. The van der Waals surface area contributed by atoms with Crippen LogP contribution in [0.25, 0.3) is 127 Å². The van der Waals surface area contributed by atoms with Crippen LogP contribution in [0.2, 0.25) is 0 Å². The third-order valence-electron chi connectivity index (χ3n) is 24.1. The summed E-state index contributed by atoms with van der Waals surface area (Å²) >= 11 is 4.98. The van der Waals surface area contributed by atoms with Gasteiger partial charge in [0, 0.05) is 217 Å². The molecule has 4 amide bonds. The molecular formula is C98H97N9O16S3. The summed E-state index contributed by atoms with van der Waals surface area (Å²) in [5.74, 6) is 1.32. The zero-order chi connectivity index (χ0) is 86.6. The molecule has 648 valence electrons. The second-order valence-corrected chi connectivity index (χ2v) is 35.7. The smallest absolute Gasteiger partial charge is 0.238 e. The van der Waals surface area contributed by atoms with Crippen molar-refractivity contribution in [3.63, 3.8) is 0 Å².